The van der Waals surface area contributed by atoms with Crippen LogP contribution in [0.1, 0.15) is 32.1 Å². The maximum Gasteiger partial charge on any atom is 0.360 e. The van der Waals surface area contributed by atoms with E-state index in [1.54, 1.807) is 12.1 Å². The topological polar surface area (TPSA) is 91.4 Å². The first kappa shape index (κ1) is 18.9. The summed E-state index contributed by atoms with van der Waals surface area (Å²) in [6.07, 6.45) is 7.71. The van der Waals surface area contributed by atoms with Crippen molar-refractivity contribution in [2.45, 2.75) is 42.2 Å². The number of nitrogens with two attached hydrogens (primary N) is 1. The number of anilines is 3. The number of benzene rings is 2. The zero-order valence-electron chi connectivity index (χ0n) is 14.9. The van der Waals surface area contributed by atoms with Crippen molar-refractivity contribution in [3.8, 4) is 6.26 Å². The summed E-state index contributed by atoms with van der Waals surface area (Å²) in [4.78, 5) is 19.5. The van der Waals surface area contributed by atoms with Crippen molar-refractivity contribution in [2.24, 2.45) is 0 Å². The van der Waals surface area contributed by atoms with Gasteiger partial charge in [-0.3, -0.25) is 9.74 Å². The molecule has 0 radical (unpaired) electrons. The second kappa shape index (κ2) is 9.19. The average molecular weight is 382 g/mol. The number of nitrogens with zero attached hydrogens (tertiary/aromatic N) is 2. The van der Waals surface area contributed by atoms with Gasteiger partial charge in [0.1, 0.15) is 0 Å². The number of hydrogen-bond acceptors (Lipinski definition) is 5. The standard InChI is InChI=1S/C20H22N4O2S/c21-14-26-23-20(25)24(15-7-3-1-4-8-15)19-13-17(11-12-18(19)22)27-16-9-5-2-6-10-16/h1,3-4,7-8,11-13,16H,2,5-6,9-10,22H2,(H,23,25). The van der Waals surface area contributed by atoms with E-state index in [1.165, 1.54) is 43.3 Å². The number of nitriles is 1. The normalized spacial score (nSPS) is 14.2. The highest BCUT2D eigenvalue weighted by Crippen LogP contribution is 2.38. The van der Waals surface area contributed by atoms with E-state index in [0.29, 0.717) is 22.3 Å². The third-order valence-electron chi connectivity index (χ3n) is 4.50. The molecule has 2 aromatic carbocycles. The zero-order chi connectivity index (χ0) is 19.1. The third-order valence-corrected chi connectivity index (χ3v) is 5.83. The Morgan fingerprint density at radius 1 is 1.19 bits per heavy atom. The van der Waals surface area contributed by atoms with Gasteiger partial charge in [-0.2, -0.15) is 5.48 Å². The molecule has 6 nitrogen and oxygen atoms in total. The smallest absolute Gasteiger partial charge is 0.360 e. The van der Waals surface area contributed by atoms with Crippen molar-refractivity contribution in [1.29, 1.82) is 5.26 Å². The number of hydroxylamine groups is 1. The van der Waals surface area contributed by atoms with Gasteiger partial charge in [-0.1, -0.05) is 37.5 Å². The lowest BCUT2D eigenvalue weighted by atomic mass is 10.0. The molecule has 0 spiro atoms. The summed E-state index contributed by atoms with van der Waals surface area (Å²) >= 11 is 1.83. The van der Waals surface area contributed by atoms with Crippen molar-refractivity contribution in [3.63, 3.8) is 0 Å². The molecule has 1 saturated carbocycles. The molecule has 2 amide bonds. The first-order valence-electron chi connectivity index (χ1n) is 8.95. The van der Waals surface area contributed by atoms with Gasteiger partial charge in [-0.05, 0) is 43.2 Å². The number of amides is 2. The van der Waals surface area contributed by atoms with Crippen LogP contribution in [0.5, 0.6) is 0 Å². The minimum Gasteiger partial charge on any atom is -0.397 e. The molecule has 1 fully saturated rings. The Morgan fingerprint density at radius 3 is 2.63 bits per heavy atom. The van der Waals surface area contributed by atoms with Crippen molar-refractivity contribution in [2.75, 3.05) is 10.6 Å². The molecule has 7 heteroatoms. The summed E-state index contributed by atoms with van der Waals surface area (Å²) < 4.78 is 0. The molecule has 27 heavy (non-hydrogen) atoms. The van der Waals surface area contributed by atoms with Gasteiger partial charge in [0.05, 0.1) is 17.1 Å². The fraction of sp³-hybridized carbons (Fsp3) is 0.300. The van der Waals surface area contributed by atoms with Gasteiger partial charge in [0.15, 0.2) is 0 Å². The summed E-state index contributed by atoms with van der Waals surface area (Å²) in [6.45, 7) is 0. The molecular weight excluding hydrogens is 360 g/mol. The van der Waals surface area contributed by atoms with Crippen LogP contribution in [0, 0.1) is 11.5 Å². The number of nitrogens with one attached hydrogen (secondary N) is 1. The van der Waals surface area contributed by atoms with Crippen LogP contribution in [0.4, 0.5) is 21.9 Å². The quantitative estimate of drug-likeness (QED) is 0.433. The van der Waals surface area contributed by atoms with Crippen LogP contribution >= 0.6 is 11.8 Å². The highest BCUT2D eigenvalue weighted by molar-refractivity contribution is 8.00. The maximum absolute atomic E-state index is 12.6. The maximum atomic E-state index is 12.6. The van der Waals surface area contributed by atoms with Crippen LogP contribution in [-0.2, 0) is 4.84 Å². The van der Waals surface area contributed by atoms with Gasteiger partial charge in [0.25, 0.3) is 0 Å². The number of carbonyl (C=O) groups is 1. The highest BCUT2D eigenvalue weighted by atomic mass is 32.2. The summed E-state index contributed by atoms with van der Waals surface area (Å²) in [5.74, 6) is 0. The highest BCUT2D eigenvalue weighted by Gasteiger charge is 2.22. The molecule has 1 aliphatic carbocycles. The van der Waals surface area contributed by atoms with Crippen molar-refractivity contribution >= 4 is 34.9 Å². The number of thioether (sulfide) groups is 1. The van der Waals surface area contributed by atoms with E-state index in [4.69, 9.17) is 11.0 Å². The van der Waals surface area contributed by atoms with Gasteiger partial charge in [0.2, 0.25) is 0 Å². The largest absolute Gasteiger partial charge is 0.397 e. The Morgan fingerprint density at radius 2 is 1.93 bits per heavy atom. The number of para-hydroxylation sites is 1. The van der Waals surface area contributed by atoms with Gasteiger partial charge < -0.3 is 5.73 Å². The SMILES string of the molecule is N#CONC(=O)N(c1ccccc1)c1cc(SC2CCCCC2)ccc1N. The van der Waals surface area contributed by atoms with E-state index in [2.05, 4.69) is 10.3 Å². The number of rotatable bonds is 5. The predicted molar refractivity (Wildman–Crippen MR) is 107 cm³/mol. The second-order valence-electron chi connectivity index (χ2n) is 6.37. The van der Waals surface area contributed by atoms with E-state index in [0.717, 1.165) is 4.90 Å². The number of hydrogen-bond donors (Lipinski definition) is 2. The molecule has 0 aromatic heterocycles. The van der Waals surface area contributed by atoms with Gasteiger partial charge in [-0.15, -0.1) is 17.0 Å². The monoisotopic (exact) mass is 382 g/mol. The first-order chi connectivity index (χ1) is 13.2. The summed E-state index contributed by atoms with van der Waals surface area (Å²) in [5.41, 5.74) is 9.97. The fourth-order valence-corrected chi connectivity index (χ4v) is 4.50. The number of urea groups is 1. The molecule has 1 aliphatic rings. The molecule has 0 heterocycles. The van der Waals surface area contributed by atoms with E-state index in [1.807, 2.05) is 48.2 Å². The van der Waals surface area contributed by atoms with Crippen LogP contribution in [0.25, 0.3) is 0 Å². The van der Waals surface area contributed by atoms with Gasteiger partial charge in [0, 0.05) is 10.1 Å². The number of carbonyl (C=O) groups excluding carboxylic acids is 1. The van der Waals surface area contributed by atoms with E-state index in [-0.39, 0.29) is 0 Å². The van der Waals surface area contributed by atoms with Crippen LogP contribution in [0.15, 0.2) is 53.4 Å². The molecule has 140 valence electrons. The van der Waals surface area contributed by atoms with Crippen molar-refractivity contribution in [3.05, 3.63) is 48.5 Å². The Kier molecular flexibility index (Phi) is 6.44. The molecule has 3 N–H and O–H groups in total. The Labute approximate surface area is 163 Å². The van der Waals surface area contributed by atoms with Crippen LogP contribution in [0.3, 0.4) is 0 Å². The van der Waals surface area contributed by atoms with Crippen LogP contribution < -0.4 is 16.1 Å². The second-order valence-corrected chi connectivity index (χ2v) is 7.74. The summed E-state index contributed by atoms with van der Waals surface area (Å²) in [7, 11) is 0. The predicted octanol–water partition coefficient (Wildman–Crippen LogP) is 4.95. The van der Waals surface area contributed by atoms with E-state index < -0.39 is 6.03 Å². The first-order valence-corrected chi connectivity index (χ1v) is 9.83. The van der Waals surface area contributed by atoms with Gasteiger partial charge >= 0.3 is 12.3 Å². The lowest BCUT2D eigenvalue weighted by Gasteiger charge is -2.25. The van der Waals surface area contributed by atoms with E-state index >= 15 is 0 Å². The molecule has 0 saturated heterocycles. The molecule has 3 rings (SSSR count). The average Bonchev–Trinajstić information content (AvgIpc) is 2.70. The number of nitrogen functional groups attached to an aromatic ring is 1. The molecular formula is C20H22N4O2S. The van der Waals surface area contributed by atoms with Crippen molar-refractivity contribution < 1.29 is 9.63 Å². The summed E-state index contributed by atoms with van der Waals surface area (Å²) in [5, 5.41) is 9.18. The lowest BCUT2D eigenvalue weighted by molar-refractivity contribution is 0.159. The molecule has 0 unspecified atom stereocenters. The van der Waals surface area contributed by atoms with Gasteiger partial charge in [-0.25, -0.2) is 4.79 Å². The van der Waals surface area contributed by atoms with Crippen LogP contribution in [-0.4, -0.2) is 11.3 Å². The van der Waals surface area contributed by atoms with Crippen molar-refractivity contribution in [1.82, 2.24) is 5.48 Å². The van der Waals surface area contributed by atoms with E-state index in [9.17, 15) is 4.79 Å². The lowest BCUT2D eigenvalue weighted by Crippen LogP contribution is -2.36. The third kappa shape index (κ3) is 4.86. The Bertz CT molecular complexity index is 816. The zero-order valence-corrected chi connectivity index (χ0v) is 15.7. The molecule has 0 bridgehead atoms. The molecule has 2 aromatic rings. The van der Waals surface area contributed by atoms with Crippen LogP contribution in [0.2, 0.25) is 0 Å². The summed E-state index contributed by atoms with van der Waals surface area (Å²) in [6, 6.07) is 14.3. The fourth-order valence-electron chi connectivity index (χ4n) is 3.22. The molecule has 0 atom stereocenters. The molecule has 0 aliphatic heterocycles. The Balaban J connectivity index is 1.91. The minimum absolute atomic E-state index is 0.471. The Hall–Kier alpha value is -2.85. The minimum atomic E-state index is -0.589.